The topological polar surface area (TPSA) is 66.5 Å². The minimum Gasteiger partial charge on any atom is -0.352 e. The molecule has 20 heavy (non-hydrogen) atoms. The molecule has 0 aliphatic carbocycles. The van der Waals surface area contributed by atoms with Gasteiger partial charge < -0.3 is 5.32 Å². The Kier molecular flexibility index (Phi) is 6.01. The highest BCUT2D eigenvalue weighted by molar-refractivity contribution is 9.10. The van der Waals surface area contributed by atoms with Gasteiger partial charge in [0.15, 0.2) is 0 Å². The van der Waals surface area contributed by atoms with Gasteiger partial charge in [-0.2, -0.15) is 0 Å². The molecule has 1 aromatic carbocycles. The fourth-order valence-electron chi connectivity index (χ4n) is 1.56. The third-order valence-electron chi connectivity index (χ3n) is 2.82. The van der Waals surface area contributed by atoms with Gasteiger partial charge in [0.05, 0.1) is 11.9 Å². The number of nitrogens with zero attached hydrogens (tertiary/aromatic N) is 1. The van der Waals surface area contributed by atoms with Gasteiger partial charge in [-0.1, -0.05) is 22.9 Å². The Morgan fingerprint density at radius 3 is 2.35 bits per heavy atom. The lowest BCUT2D eigenvalue weighted by molar-refractivity contribution is -0.120. The third kappa shape index (κ3) is 5.13. The number of sulfonamides is 1. The summed E-state index contributed by atoms with van der Waals surface area (Å²) in [6.07, 6.45) is 1.88. The molecule has 0 saturated carbocycles. The van der Waals surface area contributed by atoms with E-state index in [0.717, 1.165) is 21.5 Å². The molecule has 0 radical (unpaired) electrons. The van der Waals surface area contributed by atoms with Crippen LogP contribution in [-0.2, 0) is 14.8 Å². The molecule has 0 aromatic heterocycles. The molecule has 0 heterocycles. The highest BCUT2D eigenvalue weighted by Crippen LogP contribution is 2.20. The summed E-state index contributed by atoms with van der Waals surface area (Å²) in [4.78, 5) is 11.9. The molecule has 1 N–H and O–H groups in total. The van der Waals surface area contributed by atoms with Crippen molar-refractivity contribution in [1.82, 2.24) is 5.32 Å². The average Bonchev–Trinajstić information content (AvgIpc) is 2.36. The number of amides is 1. The zero-order valence-corrected chi connectivity index (χ0v) is 14.2. The van der Waals surface area contributed by atoms with E-state index in [1.807, 2.05) is 13.8 Å². The maximum Gasteiger partial charge on any atom is 0.240 e. The summed E-state index contributed by atoms with van der Waals surface area (Å²) in [6, 6.07) is 6.80. The third-order valence-corrected chi connectivity index (χ3v) is 4.49. The van der Waals surface area contributed by atoms with Gasteiger partial charge in [0.25, 0.3) is 0 Å². The van der Waals surface area contributed by atoms with Crippen LogP contribution in [0.5, 0.6) is 0 Å². The lowest BCUT2D eigenvalue weighted by atomic mass is 10.2. The molecule has 0 aliphatic heterocycles. The summed E-state index contributed by atoms with van der Waals surface area (Å²) in [6.45, 7) is 3.61. The van der Waals surface area contributed by atoms with Gasteiger partial charge >= 0.3 is 0 Å². The molecule has 0 fully saturated rings. The molecule has 7 heteroatoms. The quantitative estimate of drug-likeness (QED) is 0.842. The Morgan fingerprint density at radius 1 is 1.35 bits per heavy atom. The summed E-state index contributed by atoms with van der Waals surface area (Å²) in [5.41, 5.74) is 0.468. The van der Waals surface area contributed by atoms with Crippen LogP contribution in [0.4, 0.5) is 5.69 Å². The number of halogens is 1. The van der Waals surface area contributed by atoms with E-state index < -0.39 is 10.0 Å². The number of rotatable bonds is 6. The van der Waals surface area contributed by atoms with Crippen LogP contribution in [0.3, 0.4) is 0 Å². The highest BCUT2D eigenvalue weighted by atomic mass is 79.9. The van der Waals surface area contributed by atoms with Gasteiger partial charge in [-0.05, 0) is 37.6 Å². The smallest absolute Gasteiger partial charge is 0.240 e. The van der Waals surface area contributed by atoms with E-state index >= 15 is 0 Å². The lowest BCUT2D eigenvalue weighted by Crippen LogP contribution is -2.43. The number of anilines is 1. The molecule has 0 saturated heterocycles. The largest absolute Gasteiger partial charge is 0.352 e. The molecule has 1 amide bonds. The van der Waals surface area contributed by atoms with Crippen LogP contribution in [0, 0.1) is 0 Å². The van der Waals surface area contributed by atoms with Crippen molar-refractivity contribution in [2.45, 2.75) is 26.3 Å². The van der Waals surface area contributed by atoms with E-state index in [1.54, 1.807) is 24.3 Å². The second-order valence-electron chi connectivity index (χ2n) is 4.62. The maximum absolute atomic E-state index is 11.9. The number of nitrogens with one attached hydrogen (secondary N) is 1. The van der Waals surface area contributed by atoms with Crippen LogP contribution in [0.1, 0.15) is 20.3 Å². The monoisotopic (exact) mass is 362 g/mol. The first kappa shape index (κ1) is 17.0. The van der Waals surface area contributed by atoms with E-state index in [2.05, 4.69) is 21.2 Å². The van der Waals surface area contributed by atoms with Crippen LogP contribution in [0.2, 0.25) is 0 Å². The van der Waals surface area contributed by atoms with Gasteiger partial charge in [0.2, 0.25) is 15.9 Å². The predicted octanol–water partition coefficient (Wildman–Crippen LogP) is 2.13. The molecule has 1 rings (SSSR count). The van der Waals surface area contributed by atoms with Crippen LogP contribution >= 0.6 is 15.9 Å². The standard InChI is InChI=1S/C13H19BrN2O3S/c1-4-10(2)15-13(17)9-16(20(3,18)19)12-7-5-11(14)6-8-12/h5-8,10H,4,9H2,1-3H3,(H,15,17). The van der Waals surface area contributed by atoms with Crippen LogP contribution < -0.4 is 9.62 Å². The number of carbonyl (C=O) groups excluding carboxylic acids is 1. The average molecular weight is 363 g/mol. The first-order valence-electron chi connectivity index (χ1n) is 6.26. The molecule has 5 nitrogen and oxygen atoms in total. The SMILES string of the molecule is CCC(C)NC(=O)CN(c1ccc(Br)cc1)S(C)(=O)=O. The number of carbonyl (C=O) groups is 1. The molecule has 1 unspecified atom stereocenters. The van der Waals surface area contributed by atoms with E-state index in [1.165, 1.54) is 0 Å². The fraction of sp³-hybridized carbons (Fsp3) is 0.462. The van der Waals surface area contributed by atoms with Crippen molar-refractivity contribution >= 4 is 37.5 Å². The number of hydrogen-bond donors (Lipinski definition) is 1. The van der Waals surface area contributed by atoms with Crippen LogP contribution in [0.25, 0.3) is 0 Å². The molecular formula is C13H19BrN2O3S. The zero-order valence-electron chi connectivity index (χ0n) is 11.8. The van der Waals surface area contributed by atoms with E-state index in [4.69, 9.17) is 0 Å². The Labute approximate surface area is 128 Å². The lowest BCUT2D eigenvalue weighted by Gasteiger charge is -2.23. The maximum atomic E-state index is 11.9. The normalized spacial score (nSPS) is 12.8. The van der Waals surface area contributed by atoms with Gasteiger partial charge in [-0.25, -0.2) is 8.42 Å². The van der Waals surface area contributed by atoms with Crippen molar-refractivity contribution in [3.8, 4) is 0 Å². The molecular weight excluding hydrogens is 344 g/mol. The number of hydrogen-bond acceptors (Lipinski definition) is 3. The summed E-state index contributed by atoms with van der Waals surface area (Å²) >= 11 is 3.29. The summed E-state index contributed by atoms with van der Waals surface area (Å²) in [5.74, 6) is -0.312. The minimum atomic E-state index is -3.51. The van der Waals surface area contributed by atoms with Gasteiger partial charge in [-0.15, -0.1) is 0 Å². The van der Waals surface area contributed by atoms with E-state index in [0.29, 0.717) is 5.69 Å². The second-order valence-corrected chi connectivity index (χ2v) is 7.45. The second kappa shape index (κ2) is 7.08. The van der Waals surface area contributed by atoms with Gasteiger partial charge in [0, 0.05) is 10.5 Å². The van der Waals surface area contributed by atoms with Crippen molar-refractivity contribution in [2.75, 3.05) is 17.1 Å². The molecule has 1 atom stereocenters. The Balaban J connectivity index is 2.92. The van der Waals surface area contributed by atoms with Crippen molar-refractivity contribution < 1.29 is 13.2 Å². The number of benzene rings is 1. The van der Waals surface area contributed by atoms with Gasteiger partial charge in [-0.3, -0.25) is 9.10 Å². The first-order chi connectivity index (χ1) is 9.24. The molecule has 0 spiro atoms. The van der Waals surface area contributed by atoms with E-state index in [-0.39, 0.29) is 18.5 Å². The Bertz CT molecular complexity index is 557. The van der Waals surface area contributed by atoms with Crippen LogP contribution in [0.15, 0.2) is 28.7 Å². The van der Waals surface area contributed by atoms with Crippen molar-refractivity contribution in [3.63, 3.8) is 0 Å². The summed E-state index contributed by atoms with van der Waals surface area (Å²) < 4.78 is 25.6. The van der Waals surface area contributed by atoms with Crippen molar-refractivity contribution in [3.05, 3.63) is 28.7 Å². The zero-order chi connectivity index (χ0) is 15.3. The molecule has 112 valence electrons. The van der Waals surface area contributed by atoms with Crippen molar-refractivity contribution in [2.24, 2.45) is 0 Å². The summed E-state index contributed by atoms with van der Waals surface area (Å²) in [7, 11) is -3.51. The van der Waals surface area contributed by atoms with Crippen molar-refractivity contribution in [1.29, 1.82) is 0 Å². The van der Waals surface area contributed by atoms with E-state index in [9.17, 15) is 13.2 Å². The Morgan fingerprint density at radius 2 is 1.90 bits per heavy atom. The predicted molar refractivity (Wildman–Crippen MR) is 84.2 cm³/mol. The summed E-state index contributed by atoms with van der Waals surface area (Å²) in [5, 5.41) is 2.76. The fourth-order valence-corrected chi connectivity index (χ4v) is 2.68. The first-order valence-corrected chi connectivity index (χ1v) is 8.90. The van der Waals surface area contributed by atoms with Gasteiger partial charge in [0.1, 0.15) is 6.54 Å². The Hall–Kier alpha value is -1.08. The molecule has 0 bridgehead atoms. The minimum absolute atomic E-state index is 0.0221. The van der Waals surface area contributed by atoms with Crippen LogP contribution in [-0.4, -0.2) is 33.2 Å². The molecule has 1 aromatic rings. The molecule has 0 aliphatic rings. The highest BCUT2D eigenvalue weighted by Gasteiger charge is 2.21.